The second kappa shape index (κ2) is 6.93. The number of piperidine rings is 2. The van der Waals surface area contributed by atoms with Crippen LogP contribution in [0.3, 0.4) is 0 Å². The molecule has 0 radical (unpaired) electrons. The molecule has 1 atom stereocenters. The Morgan fingerprint density at radius 3 is 2.56 bits per heavy atom. The molecule has 4 heteroatoms. The van der Waals surface area contributed by atoms with E-state index in [0.29, 0.717) is 11.3 Å². The van der Waals surface area contributed by atoms with Crippen LogP contribution in [0.5, 0.6) is 0 Å². The Bertz CT molecular complexity index is 685. The van der Waals surface area contributed by atoms with Crippen molar-refractivity contribution in [3.8, 4) is 0 Å². The number of hydrogen-bond acceptors (Lipinski definition) is 3. The standard InChI is InChI=1S/C21H30N4/c1-23-14-19(18-6-4-3-5-7-18)12-21(16-23)8-10-25(11-9-21)15-20-13-22-17-24(20)2/h3-7,13,17,19H,8-12,14-16H2,1-2H3. The molecule has 2 aliphatic rings. The zero-order chi connectivity index (χ0) is 17.3. The first-order valence-corrected chi connectivity index (χ1v) is 9.55. The molecule has 2 aliphatic heterocycles. The molecular weight excluding hydrogens is 308 g/mol. The van der Waals surface area contributed by atoms with E-state index in [9.17, 15) is 0 Å². The Labute approximate surface area is 151 Å². The number of imidazole rings is 1. The minimum absolute atomic E-state index is 0.496. The second-order valence-corrected chi connectivity index (χ2v) is 8.28. The van der Waals surface area contributed by atoms with Crippen LogP contribution in [0.1, 0.15) is 36.4 Å². The first-order chi connectivity index (χ1) is 12.1. The maximum absolute atomic E-state index is 4.25. The van der Waals surface area contributed by atoms with Crippen molar-refractivity contribution in [2.45, 2.75) is 31.7 Å². The van der Waals surface area contributed by atoms with Gasteiger partial charge in [-0.25, -0.2) is 4.98 Å². The number of aromatic nitrogens is 2. The second-order valence-electron chi connectivity index (χ2n) is 8.28. The Hall–Kier alpha value is -1.65. The molecule has 0 bridgehead atoms. The summed E-state index contributed by atoms with van der Waals surface area (Å²) in [4.78, 5) is 9.43. The van der Waals surface area contributed by atoms with E-state index < -0.39 is 0 Å². The van der Waals surface area contributed by atoms with Crippen LogP contribution in [0, 0.1) is 5.41 Å². The van der Waals surface area contributed by atoms with E-state index in [1.807, 2.05) is 12.5 Å². The number of likely N-dealkylation sites (N-methyl/N-ethyl adjacent to an activating group) is 1. The van der Waals surface area contributed by atoms with Gasteiger partial charge < -0.3 is 9.47 Å². The molecule has 1 spiro atoms. The molecule has 0 amide bonds. The largest absolute Gasteiger partial charge is 0.337 e. The summed E-state index contributed by atoms with van der Waals surface area (Å²) in [6.45, 7) is 5.91. The van der Waals surface area contributed by atoms with Crippen LogP contribution in [0.2, 0.25) is 0 Å². The lowest BCUT2D eigenvalue weighted by Gasteiger charge is -2.49. The zero-order valence-electron chi connectivity index (χ0n) is 15.6. The monoisotopic (exact) mass is 338 g/mol. The van der Waals surface area contributed by atoms with Crippen LogP contribution in [0.15, 0.2) is 42.9 Å². The van der Waals surface area contributed by atoms with Gasteiger partial charge in [0, 0.05) is 32.9 Å². The molecule has 25 heavy (non-hydrogen) atoms. The summed E-state index contributed by atoms with van der Waals surface area (Å²) in [5.41, 5.74) is 3.33. The minimum Gasteiger partial charge on any atom is -0.337 e. The van der Waals surface area contributed by atoms with Gasteiger partial charge in [0.1, 0.15) is 0 Å². The molecule has 0 aliphatic carbocycles. The van der Waals surface area contributed by atoms with E-state index in [1.54, 1.807) is 0 Å². The molecule has 4 nitrogen and oxygen atoms in total. The molecule has 1 aromatic heterocycles. The van der Waals surface area contributed by atoms with Gasteiger partial charge in [0.05, 0.1) is 12.0 Å². The summed E-state index contributed by atoms with van der Waals surface area (Å²) in [6.07, 6.45) is 7.89. The highest BCUT2D eigenvalue weighted by Crippen LogP contribution is 2.44. The van der Waals surface area contributed by atoms with Gasteiger partial charge in [-0.2, -0.15) is 0 Å². The van der Waals surface area contributed by atoms with Gasteiger partial charge in [0.2, 0.25) is 0 Å². The Kier molecular flexibility index (Phi) is 4.65. The van der Waals surface area contributed by atoms with E-state index in [0.717, 1.165) is 6.54 Å². The van der Waals surface area contributed by atoms with Gasteiger partial charge in [-0.1, -0.05) is 30.3 Å². The van der Waals surface area contributed by atoms with E-state index in [4.69, 9.17) is 0 Å². The maximum atomic E-state index is 4.25. The predicted octanol–water partition coefficient (Wildman–Crippen LogP) is 3.12. The van der Waals surface area contributed by atoms with Crippen LogP contribution in [0.25, 0.3) is 0 Å². The third-order valence-corrected chi connectivity index (χ3v) is 6.31. The van der Waals surface area contributed by atoms with Crippen molar-refractivity contribution in [1.82, 2.24) is 19.4 Å². The van der Waals surface area contributed by atoms with Crippen LogP contribution in [0.4, 0.5) is 0 Å². The highest BCUT2D eigenvalue weighted by molar-refractivity contribution is 5.21. The van der Waals surface area contributed by atoms with E-state index in [-0.39, 0.29) is 0 Å². The first kappa shape index (κ1) is 16.8. The number of benzene rings is 1. The summed E-state index contributed by atoms with van der Waals surface area (Å²) in [5, 5.41) is 0. The van der Waals surface area contributed by atoms with E-state index in [1.165, 1.54) is 56.7 Å². The quantitative estimate of drug-likeness (QED) is 0.859. The van der Waals surface area contributed by atoms with Crippen molar-refractivity contribution in [2.24, 2.45) is 12.5 Å². The molecule has 134 valence electrons. The topological polar surface area (TPSA) is 24.3 Å². The van der Waals surface area contributed by atoms with Crippen molar-refractivity contribution in [2.75, 3.05) is 33.2 Å². The lowest BCUT2D eigenvalue weighted by Crippen LogP contribution is -2.50. The molecule has 3 heterocycles. The van der Waals surface area contributed by atoms with Crippen molar-refractivity contribution >= 4 is 0 Å². The number of nitrogens with zero attached hydrogens (tertiary/aromatic N) is 4. The average molecular weight is 338 g/mol. The zero-order valence-corrected chi connectivity index (χ0v) is 15.6. The number of hydrogen-bond donors (Lipinski definition) is 0. The van der Waals surface area contributed by atoms with Crippen molar-refractivity contribution in [1.29, 1.82) is 0 Å². The molecule has 2 saturated heterocycles. The maximum Gasteiger partial charge on any atom is 0.0945 e. The summed E-state index contributed by atoms with van der Waals surface area (Å²) in [6, 6.07) is 11.1. The molecule has 2 fully saturated rings. The Balaban J connectivity index is 1.41. The molecular formula is C21H30N4. The molecule has 0 N–H and O–H groups in total. The molecule has 1 aromatic carbocycles. The fraction of sp³-hybridized carbons (Fsp3) is 0.571. The number of likely N-dealkylation sites (tertiary alicyclic amines) is 2. The van der Waals surface area contributed by atoms with Gasteiger partial charge in [0.15, 0.2) is 0 Å². The van der Waals surface area contributed by atoms with Gasteiger partial charge in [-0.05, 0) is 56.3 Å². The number of aryl methyl sites for hydroxylation is 1. The van der Waals surface area contributed by atoms with Crippen LogP contribution < -0.4 is 0 Å². The first-order valence-electron chi connectivity index (χ1n) is 9.55. The minimum atomic E-state index is 0.496. The predicted molar refractivity (Wildman–Crippen MR) is 101 cm³/mol. The summed E-state index contributed by atoms with van der Waals surface area (Å²) in [7, 11) is 4.40. The summed E-state index contributed by atoms with van der Waals surface area (Å²) in [5.74, 6) is 0.684. The van der Waals surface area contributed by atoms with E-state index in [2.05, 4.69) is 63.8 Å². The summed E-state index contributed by atoms with van der Waals surface area (Å²) >= 11 is 0. The Morgan fingerprint density at radius 1 is 1.12 bits per heavy atom. The normalized spacial score (nSPS) is 24.6. The molecule has 1 unspecified atom stereocenters. The van der Waals surface area contributed by atoms with Crippen molar-refractivity contribution in [3.63, 3.8) is 0 Å². The van der Waals surface area contributed by atoms with Crippen LogP contribution in [-0.2, 0) is 13.6 Å². The Morgan fingerprint density at radius 2 is 1.88 bits per heavy atom. The van der Waals surface area contributed by atoms with Gasteiger partial charge in [-0.15, -0.1) is 0 Å². The lowest BCUT2D eigenvalue weighted by molar-refractivity contribution is 0.0213. The van der Waals surface area contributed by atoms with Crippen LogP contribution >= 0.6 is 0 Å². The molecule has 0 saturated carbocycles. The summed E-state index contributed by atoms with van der Waals surface area (Å²) < 4.78 is 2.14. The van der Waals surface area contributed by atoms with Crippen LogP contribution in [-0.4, -0.2) is 52.6 Å². The van der Waals surface area contributed by atoms with Crippen molar-refractivity contribution < 1.29 is 0 Å². The molecule has 4 rings (SSSR count). The fourth-order valence-corrected chi connectivity index (χ4v) is 4.93. The highest BCUT2D eigenvalue weighted by Gasteiger charge is 2.41. The van der Waals surface area contributed by atoms with Gasteiger partial charge >= 0.3 is 0 Å². The number of rotatable bonds is 3. The van der Waals surface area contributed by atoms with E-state index >= 15 is 0 Å². The SMILES string of the molecule is CN1CC(c2ccccc2)CC2(CCN(Cc3cncn3C)CC2)C1. The molecule has 2 aromatic rings. The smallest absolute Gasteiger partial charge is 0.0945 e. The third-order valence-electron chi connectivity index (χ3n) is 6.31. The lowest BCUT2D eigenvalue weighted by atomic mass is 9.68. The van der Waals surface area contributed by atoms with Gasteiger partial charge in [-0.3, -0.25) is 4.90 Å². The third kappa shape index (κ3) is 3.65. The average Bonchev–Trinajstić information content (AvgIpc) is 3.02. The fourth-order valence-electron chi connectivity index (χ4n) is 4.93. The van der Waals surface area contributed by atoms with Gasteiger partial charge in [0.25, 0.3) is 0 Å². The highest BCUT2D eigenvalue weighted by atomic mass is 15.2. The van der Waals surface area contributed by atoms with Crippen molar-refractivity contribution in [3.05, 3.63) is 54.1 Å².